The monoisotopic (exact) mass is 177 g/mol. The molecule has 0 aliphatic rings. The SMILES string of the molecule is CC(N)CCSCCC(C)O. The van der Waals surface area contributed by atoms with Crippen molar-refractivity contribution in [2.24, 2.45) is 5.73 Å². The van der Waals surface area contributed by atoms with Gasteiger partial charge in [0.2, 0.25) is 0 Å². The lowest BCUT2D eigenvalue weighted by molar-refractivity contribution is 0.192. The molecule has 3 N–H and O–H groups in total. The highest BCUT2D eigenvalue weighted by molar-refractivity contribution is 7.99. The van der Waals surface area contributed by atoms with E-state index in [0.29, 0.717) is 6.04 Å². The molecule has 0 spiro atoms. The molecule has 0 aromatic rings. The van der Waals surface area contributed by atoms with E-state index in [9.17, 15) is 0 Å². The number of hydrogen-bond acceptors (Lipinski definition) is 3. The molecule has 0 amide bonds. The molecule has 0 heterocycles. The van der Waals surface area contributed by atoms with Crippen molar-refractivity contribution in [3.63, 3.8) is 0 Å². The van der Waals surface area contributed by atoms with E-state index in [0.717, 1.165) is 24.3 Å². The molecule has 11 heavy (non-hydrogen) atoms. The summed E-state index contributed by atoms with van der Waals surface area (Å²) < 4.78 is 0. The van der Waals surface area contributed by atoms with Crippen LogP contribution in [0.3, 0.4) is 0 Å². The molecule has 0 radical (unpaired) electrons. The van der Waals surface area contributed by atoms with Crippen molar-refractivity contribution in [2.75, 3.05) is 11.5 Å². The summed E-state index contributed by atoms with van der Waals surface area (Å²) in [5, 5.41) is 8.92. The Kier molecular flexibility index (Phi) is 7.12. The number of rotatable bonds is 6. The Morgan fingerprint density at radius 3 is 2.27 bits per heavy atom. The van der Waals surface area contributed by atoms with Crippen molar-refractivity contribution in [1.82, 2.24) is 0 Å². The lowest BCUT2D eigenvalue weighted by Crippen LogP contribution is -2.15. The van der Waals surface area contributed by atoms with Gasteiger partial charge >= 0.3 is 0 Å². The predicted molar refractivity (Wildman–Crippen MR) is 51.9 cm³/mol. The van der Waals surface area contributed by atoms with Crippen molar-refractivity contribution in [1.29, 1.82) is 0 Å². The van der Waals surface area contributed by atoms with Gasteiger partial charge in [-0.25, -0.2) is 0 Å². The van der Waals surface area contributed by atoms with Gasteiger partial charge in [0.05, 0.1) is 6.10 Å². The van der Waals surface area contributed by atoms with Crippen LogP contribution in [0.2, 0.25) is 0 Å². The molecule has 0 aromatic heterocycles. The first-order chi connectivity index (χ1) is 5.13. The van der Waals surface area contributed by atoms with E-state index in [4.69, 9.17) is 10.8 Å². The van der Waals surface area contributed by atoms with Crippen LogP contribution in [-0.4, -0.2) is 28.8 Å². The minimum atomic E-state index is -0.155. The number of nitrogens with two attached hydrogens (primary N) is 1. The zero-order chi connectivity index (χ0) is 8.69. The summed E-state index contributed by atoms with van der Waals surface area (Å²) in [6.45, 7) is 3.85. The fraction of sp³-hybridized carbons (Fsp3) is 1.00. The Morgan fingerprint density at radius 2 is 1.82 bits per heavy atom. The number of hydrogen-bond donors (Lipinski definition) is 2. The van der Waals surface area contributed by atoms with Gasteiger partial charge in [-0.05, 0) is 38.2 Å². The van der Waals surface area contributed by atoms with Crippen LogP contribution in [0.25, 0.3) is 0 Å². The van der Waals surface area contributed by atoms with Crippen LogP contribution in [-0.2, 0) is 0 Å². The maximum atomic E-state index is 8.92. The summed E-state index contributed by atoms with van der Waals surface area (Å²) in [5.74, 6) is 2.16. The summed E-state index contributed by atoms with van der Waals surface area (Å²) in [6, 6.07) is 0.314. The maximum absolute atomic E-state index is 8.92. The Balaban J connectivity index is 2.91. The molecule has 2 atom stereocenters. The van der Waals surface area contributed by atoms with Crippen molar-refractivity contribution in [3.8, 4) is 0 Å². The lowest BCUT2D eigenvalue weighted by atomic mass is 10.3. The molecule has 2 unspecified atom stereocenters. The van der Waals surface area contributed by atoms with Gasteiger partial charge in [0.1, 0.15) is 0 Å². The highest BCUT2D eigenvalue weighted by Crippen LogP contribution is 2.07. The van der Waals surface area contributed by atoms with Crippen LogP contribution in [0.5, 0.6) is 0 Å². The Bertz CT molecular complexity index is 76.2. The normalized spacial score (nSPS) is 16.4. The van der Waals surface area contributed by atoms with Gasteiger partial charge < -0.3 is 10.8 Å². The summed E-state index contributed by atoms with van der Waals surface area (Å²) >= 11 is 1.87. The molecule has 0 aliphatic heterocycles. The molecule has 0 saturated carbocycles. The van der Waals surface area contributed by atoms with Crippen LogP contribution < -0.4 is 5.73 Å². The average molecular weight is 177 g/mol. The molecule has 0 aromatic carbocycles. The summed E-state index contributed by atoms with van der Waals surface area (Å²) in [5.41, 5.74) is 5.57. The average Bonchev–Trinajstić information content (AvgIpc) is 1.85. The van der Waals surface area contributed by atoms with Gasteiger partial charge in [0.15, 0.2) is 0 Å². The van der Waals surface area contributed by atoms with E-state index >= 15 is 0 Å². The third kappa shape index (κ3) is 10.3. The number of thioether (sulfide) groups is 1. The van der Waals surface area contributed by atoms with Gasteiger partial charge in [0, 0.05) is 6.04 Å². The Labute approximate surface area is 73.6 Å². The quantitative estimate of drug-likeness (QED) is 0.600. The van der Waals surface area contributed by atoms with E-state index in [2.05, 4.69) is 0 Å². The second kappa shape index (κ2) is 6.95. The van der Waals surface area contributed by atoms with Crippen LogP contribution in [0.4, 0.5) is 0 Å². The van der Waals surface area contributed by atoms with Crippen molar-refractivity contribution < 1.29 is 5.11 Å². The smallest absolute Gasteiger partial charge is 0.0520 e. The molecule has 0 aliphatic carbocycles. The van der Waals surface area contributed by atoms with Crippen molar-refractivity contribution in [2.45, 2.75) is 38.8 Å². The van der Waals surface area contributed by atoms with E-state index < -0.39 is 0 Å². The lowest BCUT2D eigenvalue weighted by Gasteiger charge is -2.05. The molecule has 0 bridgehead atoms. The van der Waals surface area contributed by atoms with Crippen molar-refractivity contribution >= 4 is 11.8 Å². The number of aliphatic hydroxyl groups is 1. The Morgan fingerprint density at radius 1 is 1.27 bits per heavy atom. The summed E-state index contributed by atoms with van der Waals surface area (Å²) in [7, 11) is 0. The van der Waals surface area contributed by atoms with E-state index in [1.807, 2.05) is 25.6 Å². The topological polar surface area (TPSA) is 46.2 Å². The van der Waals surface area contributed by atoms with E-state index in [1.54, 1.807) is 0 Å². The number of aliphatic hydroxyl groups excluding tert-OH is 1. The van der Waals surface area contributed by atoms with Gasteiger partial charge in [-0.15, -0.1) is 0 Å². The van der Waals surface area contributed by atoms with Crippen molar-refractivity contribution in [3.05, 3.63) is 0 Å². The van der Waals surface area contributed by atoms with Crippen LogP contribution >= 0.6 is 11.8 Å². The highest BCUT2D eigenvalue weighted by Gasteiger charge is 1.97. The van der Waals surface area contributed by atoms with Gasteiger partial charge in [-0.3, -0.25) is 0 Å². The second-order valence-electron chi connectivity index (χ2n) is 3.02. The molecule has 2 nitrogen and oxygen atoms in total. The van der Waals surface area contributed by atoms with Gasteiger partial charge in [-0.1, -0.05) is 0 Å². The molecular weight excluding hydrogens is 158 g/mol. The van der Waals surface area contributed by atoms with E-state index in [-0.39, 0.29) is 6.10 Å². The standard InChI is InChI=1S/C8H19NOS/c1-7(9)3-5-11-6-4-8(2)10/h7-8,10H,3-6,9H2,1-2H3. The summed E-state index contributed by atoms with van der Waals surface area (Å²) in [6.07, 6.45) is 1.81. The zero-order valence-corrected chi connectivity index (χ0v) is 8.23. The molecular formula is C8H19NOS. The second-order valence-corrected chi connectivity index (χ2v) is 4.24. The fourth-order valence-electron chi connectivity index (χ4n) is 0.625. The molecule has 0 fully saturated rings. The maximum Gasteiger partial charge on any atom is 0.0520 e. The molecule has 0 saturated heterocycles. The Hall–Kier alpha value is 0.270. The fourth-order valence-corrected chi connectivity index (χ4v) is 1.88. The minimum absolute atomic E-state index is 0.155. The van der Waals surface area contributed by atoms with Crippen LogP contribution in [0.1, 0.15) is 26.7 Å². The molecule has 68 valence electrons. The first-order valence-corrected chi connectivity index (χ1v) is 5.29. The molecule has 0 rings (SSSR count). The van der Waals surface area contributed by atoms with Crippen LogP contribution in [0, 0.1) is 0 Å². The first kappa shape index (κ1) is 11.3. The minimum Gasteiger partial charge on any atom is -0.393 e. The summed E-state index contributed by atoms with van der Waals surface area (Å²) in [4.78, 5) is 0. The van der Waals surface area contributed by atoms with Gasteiger partial charge in [-0.2, -0.15) is 11.8 Å². The first-order valence-electron chi connectivity index (χ1n) is 4.14. The van der Waals surface area contributed by atoms with Gasteiger partial charge in [0.25, 0.3) is 0 Å². The molecule has 3 heteroatoms. The third-order valence-corrected chi connectivity index (χ3v) is 2.45. The predicted octanol–water partition coefficient (Wildman–Crippen LogP) is 1.23. The van der Waals surface area contributed by atoms with Crippen LogP contribution in [0.15, 0.2) is 0 Å². The third-order valence-electron chi connectivity index (χ3n) is 1.40. The van der Waals surface area contributed by atoms with E-state index in [1.165, 1.54) is 0 Å². The zero-order valence-electron chi connectivity index (χ0n) is 7.42. The highest BCUT2D eigenvalue weighted by atomic mass is 32.2. The largest absolute Gasteiger partial charge is 0.393 e.